The summed E-state index contributed by atoms with van der Waals surface area (Å²) in [6, 6.07) is 9.31. The molecule has 0 saturated carbocycles. The van der Waals surface area contributed by atoms with E-state index in [4.69, 9.17) is 10.5 Å². The molecule has 1 atom stereocenters. The van der Waals surface area contributed by atoms with Crippen molar-refractivity contribution in [1.29, 1.82) is 0 Å². The number of methoxy groups -OCH3 is 1. The van der Waals surface area contributed by atoms with Gasteiger partial charge in [-0.25, -0.2) is 9.98 Å². The van der Waals surface area contributed by atoms with Crippen molar-refractivity contribution < 1.29 is 14.3 Å². The molecule has 0 spiro atoms. The molecule has 1 aliphatic heterocycles. The average molecular weight is 380 g/mol. The number of carbonyl (C=O) groups excluding carboxylic acids is 2. The second-order valence-corrected chi connectivity index (χ2v) is 7.24. The number of nitrogens with zero attached hydrogens (tertiary/aromatic N) is 3. The summed E-state index contributed by atoms with van der Waals surface area (Å²) in [5.41, 5.74) is 8.02. The van der Waals surface area contributed by atoms with Crippen LogP contribution in [0.2, 0.25) is 0 Å². The molecule has 1 aromatic heterocycles. The normalized spacial score (nSPS) is 19.4. The number of aliphatic imine (C=N–C) groups is 1. The largest absolute Gasteiger partial charge is 0.494 e. The molecule has 1 aliphatic rings. The van der Waals surface area contributed by atoms with E-state index < -0.39 is 5.54 Å². The highest BCUT2D eigenvalue weighted by Gasteiger charge is 2.36. The highest BCUT2D eigenvalue weighted by atomic mass is 16.5. The van der Waals surface area contributed by atoms with E-state index in [0.29, 0.717) is 11.4 Å². The van der Waals surface area contributed by atoms with E-state index in [2.05, 4.69) is 9.98 Å². The first-order valence-electron chi connectivity index (χ1n) is 8.98. The van der Waals surface area contributed by atoms with Gasteiger partial charge < -0.3 is 10.5 Å². The molecule has 2 heterocycles. The fourth-order valence-corrected chi connectivity index (χ4v) is 3.27. The number of amides is 1. The number of hydrogen-bond acceptors (Lipinski definition) is 6. The number of ketones is 1. The van der Waals surface area contributed by atoms with E-state index >= 15 is 0 Å². The summed E-state index contributed by atoms with van der Waals surface area (Å²) in [7, 11) is 3.13. The van der Waals surface area contributed by atoms with Crippen LogP contribution in [0.1, 0.15) is 40.5 Å². The van der Waals surface area contributed by atoms with Crippen molar-refractivity contribution in [3.8, 4) is 5.75 Å². The van der Waals surface area contributed by atoms with Gasteiger partial charge in [-0.1, -0.05) is 24.3 Å². The van der Waals surface area contributed by atoms with Crippen LogP contribution in [0.15, 0.2) is 41.5 Å². The predicted molar refractivity (Wildman–Crippen MR) is 106 cm³/mol. The molecule has 0 aliphatic carbocycles. The summed E-state index contributed by atoms with van der Waals surface area (Å²) < 4.78 is 5.30. The van der Waals surface area contributed by atoms with E-state index in [-0.39, 0.29) is 30.5 Å². The van der Waals surface area contributed by atoms with E-state index in [1.54, 1.807) is 19.3 Å². The van der Waals surface area contributed by atoms with Gasteiger partial charge in [0, 0.05) is 19.7 Å². The number of hydrogen-bond donors (Lipinski definition) is 1. The smallest absolute Gasteiger partial charge is 0.231 e. The van der Waals surface area contributed by atoms with Gasteiger partial charge in [0.25, 0.3) is 0 Å². The molecule has 1 unspecified atom stereocenters. The van der Waals surface area contributed by atoms with Gasteiger partial charge in [-0.2, -0.15) is 0 Å². The fourth-order valence-electron chi connectivity index (χ4n) is 3.27. The van der Waals surface area contributed by atoms with Gasteiger partial charge in [0.15, 0.2) is 11.7 Å². The van der Waals surface area contributed by atoms with Crippen LogP contribution in [-0.2, 0) is 16.8 Å². The Balaban J connectivity index is 1.88. The van der Waals surface area contributed by atoms with Crippen molar-refractivity contribution in [3.63, 3.8) is 0 Å². The number of aromatic nitrogens is 1. The van der Waals surface area contributed by atoms with Crippen LogP contribution in [0.25, 0.3) is 0 Å². The first kappa shape index (κ1) is 19.5. The van der Waals surface area contributed by atoms with E-state index in [9.17, 15) is 9.59 Å². The highest BCUT2D eigenvalue weighted by Crippen LogP contribution is 2.33. The monoisotopic (exact) mass is 380 g/mol. The van der Waals surface area contributed by atoms with Crippen LogP contribution in [0.5, 0.6) is 5.75 Å². The molecule has 0 fully saturated rings. The Hall–Kier alpha value is -3.22. The Bertz CT molecular complexity index is 970. The maximum absolute atomic E-state index is 12.8. The molecule has 28 heavy (non-hydrogen) atoms. The third kappa shape index (κ3) is 3.74. The maximum atomic E-state index is 12.8. The minimum Gasteiger partial charge on any atom is -0.494 e. The van der Waals surface area contributed by atoms with Gasteiger partial charge in [0.2, 0.25) is 5.91 Å². The van der Waals surface area contributed by atoms with Crippen molar-refractivity contribution in [2.24, 2.45) is 10.7 Å². The Labute approximate surface area is 164 Å². The predicted octanol–water partition coefficient (Wildman–Crippen LogP) is 2.22. The summed E-state index contributed by atoms with van der Waals surface area (Å²) in [4.78, 5) is 35.1. The van der Waals surface area contributed by atoms with Gasteiger partial charge in [-0.15, -0.1) is 0 Å². The molecular formula is C21H24N4O3. The number of rotatable bonds is 5. The average Bonchev–Trinajstić information content (AvgIpc) is 2.66. The lowest BCUT2D eigenvalue weighted by molar-refractivity contribution is -0.128. The van der Waals surface area contributed by atoms with E-state index in [0.717, 1.165) is 16.7 Å². The second kappa shape index (κ2) is 7.42. The lowest BCUT2D eigenvalue weighted by atomic mass is 9.86. The van der Waals surface area contributed by atoms with Crippen molar-refractivity contribution >= 4 is 17.6 Å². The Morgan fingerprint density at radius 2 is 2.11 bits per heavy atom. The summed E-state index contributed by atoms with van der Waals surface area (Å²) in [6.07, 6.45) is 2.03. The second-order valence-electron chi connectivity index (χ2n) is 7.24. The van der Waals surface area contributed by atoms with Crippen LogP contribution in [0.3, 0.4) is 0 Å². The van der Waals surface area contributed by atoms with Gasteiger partial charge in [-0.05, 0) is 36.6 Å². The number of pyridine rings is 1. The number of guanidine groups is 1. The summed E-state index contributed by atoms with van der Waals surface area (Å²) >= 11 is 0. The standard InChI is InChI=1S/C21H24N4O3/c1-13-8-17(28-4)19(23-12-13)16(26)10-14-6-5-7-15(9-14)21(2)11-18(27)25(3)20(22)24-21/h5-9,12H,10-11H2,1-4H3,(H2,22,24). The van der Waals surface area contributed by atoms with Crippen LogP contribution in [0, 0.1) is 6.92 Å². The minimum atomic E-state index is -0.757. The Kier molecular flexibility index (Phi) is 5.18. The lowest BCUT2D eigenvalue weighted by Crippen LogP contribution is -2.47. The Morgan fingerprint density at radius 1 is 1.36 bits per heavy atom. The zero-order valence-electron chi connectivity index (χ0n) is 16.5. The minimum absolute atomic E-state index is 0.0925. The van der Waals surface area contributed by atoms with Crippen molar-refractivity contribution in [2.75, 3.05) is 14.2 Å². The third-order valence-corrected chi connectivity index (χ3v) is 4.96. The van der Waals surface area contributed by atoms with Crippen LogP contribution in [-0.4, -0.2) is 41.7 Å². The molecular weight excluding hydrogens is 356 g/mol. The van der Waals surface area contributed by atoms with Crippen LogP contribution in [0.4, 0.5) is 0 Å². The Morgan fingerprint density at radius 3 is 2.79 bits per heavy atom. The number of aryl methyl sites for hydroxylation is 1. The van der Waals surface area contributed by atoms with Gasteiger partial charge in [0.1, 0.15) is 11.4 Å². The number of ether oxygens (including phenoxy) is 1. The third-order valence-electron chi connectivity index (χ3n) is 4.96. The summed E-state index contributed by atoms with van der Waals surface area (Å²) in [5, 5.41) is 0. The quantitative estimate of drug-likeness (QED) is 0.802. The lowest BCUT2D eigenvalue weighted by Gasteiger charge is -2.33. The molecule has 2 aromatic rings. The molecule has 0 radical (unpaired) electrons. The van der Waals surface area contributed by atoms with Gasteiger partial charge >= 0.3 is 0 Å². The summed E-state index contributed by atoms with van der Waals surface area (Å²) in [6.45, 7) is 3.76. The first-order chi connectivity index (χ1) is 13.2. The number of nitrogens with two attached hydrogens (primary N) is 1. The zero-order valence-corrected chi connectivity index (χ0v) is 16.5. The number of carbonyl (C=O) groups is 2. The molecule has 2 N–H and O–H groups in total. The topological polar surface area (TPSA) is 97.9 Å². The number of Topliss-reactive ketones (excluding diaryl/α,β-unsaturated/α-hetero) is 1. The first-order valence-corrected chi connectivity index (χ1v) is 8.98. The fraction of sp³-hybridized carbons (Fsp3) is 0.333. The van der Waals surface area contributed by atoms with E-state index in [1.807, 2.05) is 38.1 Å². The maximum Gasteiger partial charge on any atom is 0.231 e. The molecule has 7 nitrogen and oxygen atoms in total. The van der Waals surface area contributed by atoms with Crippen molar-refractivity contribution in [2.45, 2.75) is 32.2 Å². The van der Waals surface area contributed by atoms with Crippen molar-refractivity contribution in [3.05, 3.63) is 58.9 Å². The van der Waals surface area contributed by atoms with Gasteiger partial charge in [0.05, 0.1) is 19.1 Å². The van der Waals surface area contributed by atoms with Crippen LogP contribution >= 0.6 is 0 Å². The molecule has 0 saturated heterocycles. The molecule has 1 amide bonds. The van der Waals surface area contributed by atoms with Crippen LogP contribution < -0.4 is 10.5 Å². The van der Waals surface area contributed by atoms with E-state index in [1.165, 1.54) is 12.0 Å². The van der Waals surface area contributed by atoms with Crippen molar-refractivity contribution in [1.82, 2.24) is 9.88 Å². The molecule has 7 heteroatoms. The molecule has 3 rings (SSSR count). The summed E-state index contributed by atoms with van der Waals surface area (Å²) in [5.74, 6) is 0.423. The highest BCUT2D eigenvalue weighted by molar-refractivity contribution is 5.99. The molecule has 146 valence electrons. The SMILES string of the molecule is COc1cc(C)cnc1C(=O)Cc1cccc(C2(C)CC(=O)N(C)C(N)=N2)c1. The molecule has 0 bridgehead atoms. The zero-order chi connectivity index (χ0) is 20.5. The number of benzene rings is 1. The van der Waals surface area contributed by atoms with Gasteiger partial charge in [-0.3, -0.25) is 14.5 Å². The molecule has 1 aromatic carbocycles.